The molecular formula is C12H28N2. The van der Waals surface area contributed by atoms with Crippen LogP contribution in [-0.4, -0.2) is 18.2 Å². The lowest BCUT2D eigenvalue weighted by Crippen LogP contribution is -2.48. The molecule has 0 fully saturated rings. The van der Waals surface area contributed by atoms with Gasteiger partial charge in [-0.1, -0.05) is 26.2 Å². The molecular weight excluding hydrogens is 172 g/mol. The van der Waals surface area contributed by atoms with E-state index in [2.05, 4.69) is 45.3 Å². The highest BCUT2D eigenvalue weighted by molar-refractivity contribution is 4.69. The van der Waals surface area contributed by atoms with Crippen LogP contribution in [0.15, 0.2) is 0 Å². The van der Waals surface area contributed by atoms with E-state index in [0.717, 1.165) is 0 Å². The van der Waals surface area contributed by atoms with E-state index >= 15 is 0 Å². The van der Waals surface area contributed by atoms with Crippen LogP contribution < -0.4 is 10.6 Å². The summed E-state index contributed by atoms with van der Waals surface area (Å²) in [5, 5.41) is 7.12. The second-order valence-corrected chi connectivity index (χ2v) is 4.69. The van der Waals surface area contributed by atoms with Crippen molar-refractivity contribution in [3.8, 4) is 0 Å². The fourth-order valence-electron chi connectivity index (χ4n) is 1.62. The lowest BCUT2D eigenvalue weighted by molar-refractivity contribution is 0.339. The molecule has 14 heavy (non-hydrogen) atoms. The summed E-state index contributed by atoms with van der Waals surface area (Å²) in [6.07, 6.45) is 5.69. The first-order chi connectivity index (χ1) is 6.56. The van der Waals surface area contributed by atoms with Crippen LogP contribution in [0.1, 0.15) is 60.3 Å². The highest BCUT2D eigenvalue weighted by atomic mass is 15.1. The van der Waals surface area contributed by atoms with Gasteiger partial charge in [0.2, 0.25) is 0 Å². The molecule has 0 aromatic carbocycles. The minimum absolute atomic E-state index is 0.488. The molecule has 0 radical (unpaired) electrons. The zero-order chi connectivity index (χ0) is 11.0. The van der Waals surface area contributed by atoms with Crippen LogP contribution in [0.2, 0.25) is 0 Å². The summed E-state index contributed by atoms with van der Waals surface area (Å²) >= 11 is 0. The molecule has 0 saturated carbocycles. The van der Waals surface area contributed by atoms with Crippen LogP contribution >= 0.6 is 0 Å². The van der Waals surface area contributed by atoms with E-state index in [1.54, 1.807) is 0 Å². The van der Waals surface area contributed by atoms with Crippen LogP contribution in [0.5, 0.6) is 0 Å². The molecule has 0 aromatic heterocycles. The predicted octanol–water partition coefficient (Wildman–Crippen LogP) is 2.89. The van der Waals surface area contributed by atoms with Crippen LogP contribution in [0, 0.1) is 0 Å². The maximum Gasteiger partial charge on any atom is 0.0575 e. The molecule has 2 heteroatoms. The summed E-state index contributed by atoms with van der Waals surface area (Å²) in [7, 11) is 0. The molecule has 0 unspecified atom stereocenters. The third-order valence-electron chi connectivity index (χ3n) is 2.17. The van der Waals surface area contributed by atoms with Gasteiger partial charge in [0.1, 0.15) is 0 Å². The Balaban J connectivity index is 3.72. The van der Waals surface area contributed by atoms with Gasteiger partial charge < -0.3 is 0 Å². The van der Waals surface area contributed by atoms with Crippen molar-refractivity contribution in [2.24, 2.45) is 0 Å². The Morgan fingerprint density at radius 3 is 1.71 bits per heavy atom. The van der Waals surface area contributed by atoms with E-state index < -0.39 is 0 Å². The molecule has 0 heterocycles. The Labute approximate surface area is 89.9 Å². The molecule has 0 atom stereocenters. The van der Waals surface area contributed by atoms with E-state index in [-0.39, 0.29) is 0 Å². The lowest BCUT2D eigenvalue weighted by Gasteiger charge is -2.24. The predicted molar refractivity (Wildman–Crippen MR) is 64.5 cm³/mol. The maximum absolute atomic E-state index is 3.56. The smallest absolute Gasteiger partial charge is 0.0575 e. The third kappa shape index (κ3) is 8.52. The van der Waals surface area contributed by atoms with Gasteiger partial charge >= 0.3 is 0 Å². The largest absolute Gasteiger partial charge is 0.300 e. The van der Waals surface area contributed by atoms with Gasteiger partial charge in [-0.25, -0.2) is 0 Å². The number of nitrogens with one attached hydrogen (secondary N) is 2. The Morgan fingerprint density at radius 2 is 1.36 bits per heavy atom. The second-order valence-electron chi connectivity index (χ2n) is 4.69. The normalized spacial score (nSPS) is 12.0. The Hall–Kier alpha value is -0.0800. The van der Waals surface area contributed by atoms with Crippen molar-refractivity contribution < 1.29 is 0 Å². The van der Waals surface area contributed by atoms with Crippen molar-refractivity contribution in [1.82, 2.24) is 10.6 Å². The minimum Gasteiger partial charge on any atom is -0.300 e. The summed E-state index contributed by atoms with van der Waals surface area (Å²) in [6.45, 7) is 11.1. The van der Waals surface area contributed by atoms with Gasteiger partial charge in [-0.2, -0.15) is 0 Å². The van der Waals surface area contributed by atoms with Crippen molar-refractivity contribution >= 4 is 0 Å². The van der Waals surface area contributed by atoms with Gasteiger partial charge in [0.15, 0.2) is 0 Å². The highest BCUT2D eigenvalue weighted by Gasteiger charge is 2.09. The van der Waals surface area contributed by atoms with E-state index in [0.29, 0.717) is 18.2 Å². The lowest BCUT2D eigenvalue weighted by atomic mass is 10.1. The molecule has 86 valence electrons. The molecule has 0 aliphatic heterocycles. The van der Waals surface area contributed by atoms with Gasteiger partial charge in [0, 0.05) is 12.1 Å². The van der Waals surface area contributed by atoms with Gasteiger partial charge in [-0.05, 0) is 34.1 Å². The summed E-state index contributed by atoms with van der Waals surface area (Å²) in [5.41, 5.74) is 0. The monoisotopic (exact) mass is 200 g/mol. The topological polar surface area (TPSA) is 24.1 Å². The summed E-state index contributed by atoms with van der Waals surface area (Å²) < 4.78 is 0. The van der Waals surface area contributed by atoms with Crippen LogP contribution in [0.4, 0.5) is 0 Å². The zero-order valence-electron chi connectivity index (χ0n) is 10.6. The number of hydrogen-bond donors (Lipinski definition) is 2. The van der Waals surface area contributed by atoms with Crippen molar-refractivity contribution in [3.05, 3.63) is 0 Å². The molecule has 2 N–H and O–H groups in total. The molecule has 0 aliphatic rings. The van der Waals surface area contributed by atoms with E-state index in [1.807, 2.05) is 0 Å². The van der Waals surface area contributed by atoms with Crippen LogP contribution in [0.25, 0.3) is 0 Å². The van der Waals surface area contributed by atoms with Crippen molar-refractivity contribution in [1.29, 1.82) is 0 Å². The van der Waals surface area contributed by atoms with Gasteiger partial charge in [-0.15, -0.1) is 0 Å². The van der Waals surface area contributed by atoms with Gasteiger partial charge in [-0.3, -0.25) is 10.6 Å². The summed E-state index contributed by atoms with van der Waals surface area (Å²) in [5.74, 6) is 0. The van der Waals surface area contributed by atoms with Crippen molar-refractivity contribution in [2.75, 3.05) is 0 Å². The molecule has 0 aromatic rings. The van der Waals surface area contributed by atoms with E-state index in [1.165, 1.54) is 25.7 Å². The minimum atomic E-state index is 0.488. The highest BCUT2D eigenvalue weighted by Crippen LogP contribution is 2.03. The fourth-order valence-corrected chi connectivity index (χ4v) is 1.62. The Kier molecular flexibility index (Phi) is 8.20. The first-order valence-corrected chi connectivity index (χ1v) is 6.08. The third-order valence-corrected chi connectivity index (χ3v) is 2.17. The quantitative estimate of drug-likeness (QED) is 0.465. The van der Waals surface area contributed by atoms with Gasteiger partial charge in [0.25, 0.3) is 0 Å². The van der Waals surface area contributed by atoms with E-state index in [9.17, 15) is 0 Å². The molecule has 0 bridgehead atoms. The van der Waals surface area contributed by atoms with Crippen molar-refractivity contribution in [2.45, 2.75) is 78.6 Å². The summed E-state index contributed by atoms with van der Waals surface area (Å²) in [4.78, 5) is 0. The Morgan fingerprint density at radius 1 is 0.857 bits per heavy atom. The number of unbranched alkanes of at least 4 members (excludes halogenated alkanes) is 2. The average molecular weight is 200 g/mol. The molecule has 0 spiro atoms. The fraction of sp³-hybridized carbons (Fsp3) is 1.00. The molecule has 0 rings (SSSR count). The zero-order valence-corrected chi connectivity index (χ0v) is 10.6. The molecule has 0 aliphatic carbocycles. The number of hydrogen-bond acceptors (Lipinski definition) is 2. The number of rotatable bonds is 8. The van der Waals surface area contributed by atoms with Crippen LogP contribution in [-0.2, 0) is 0 Å². The van der Waals surface area contributed by atoms with Gasteiger partial charge in [0.05, 0.1) is 6.17 Å². The second kappa shape index (κ2) is 8.25. The van der Waals surface area contributed by atoms with Crippen molar-refractivity contribution in [3.63, 3.8) is 0 Å². The SMILES string of the molecule is CCCCCC(NC(C)C)NC(C)C. The molecule has 0 saturated heterocycles. The first-order valence-electron chi connectivity index (χ1n) is 6.08. The molecule has 0 amide bonds. The standard InChI is InChI=1S/C12H28N2/c1-6-7-8-9-12(13-10(2)3)14-11(4)5/h10-14H,6-9H2,1-5H3. The first kappa shape index (κ1) is 13.9. The van der Waals surface area contributed by atoms with Crippen LogP contribution in [0.3, 0.4) is 0 Å². The molecule has 2 nitrogen and oxygen atoms in total. The van der Waals surface area contributed by atoms with E-state index in [4.69, 9.17) is 0 Å². The Bertz CT molecular complexity index is 111. The summed E-state index contributed by atoms with van der Waals surface area (Å²) in [6, 6.07) is 1.13. The maximum atomic E-state index is 3.56. The average Bonchev–Trinajstić information content (AvgIpc) is 2.02.